The molecular weight excluding hydrogens is 434 g/mol. The van der Waals surface area contributed by atoms with Crippen molar-refractivity contribution in [3.63, 3.8) is 0 Å². The van der Waals surface area contributed by atoms with Crippen molar-refractivity contribution in [1.82, 2.24) is 0 Å². The van der Waals surface area contributed by atoms with Gasteiger partial charge in [-0.2, -0.15) is 0 Å². The molecule has 33 heavy (non-hydrogen) atoms. The molecule has 0 amide bonds. The maximum absolute atomic E-state index is 12.0. The van der Waals surface area contributed by atoms with Gasteiger partial charge >= 0.3 is 5.97 Å². The van der Waals surface area contributed by atoms with Crippen LogP contribution in [-0.2, 0) is 11.2 Å². The van der Waals surface area contributed by atoms with Gasteiger partial charge in [-0.05, 0) is 66.3 Å². The van der Waals surface area contributed by atoms with Gasteiger partial charge < -0.3 is 9.84 Å². The van der Waals surface area contributed by atoms with Gasteiger partial charge in [0.25, 0.3) is 0 Å². The third kappa shape index (κ3) is 5.78. The molecule has 4 rings (SSSR count). The second-order valence-corrected chi connectivity index (χ2v) is 8.54. The fourth-order valence-electron chi connectivity index (χ4n) is 4.01. The van der Waals surface area contributed by atoms with Gasteiger partial charge in [0.15, 0.2) is 0 Å². The molecule has 168 valence electrons. The topological polar surface area (TPSA) is 58.9 Å². The van der Waals surface area contributed by atoms with Gasteiger partial charge in [-0.1, -0.05) is 66.2 Å². The maximum Gasteiger partial charge on any atom is 0.338 e. The smallest absolute Gasteiger partial charge is 0.338 e. The number of aliphatic imine (C=N–C) groups is 1. The Balaban J connectivity index is 1.43. The van der Waals surface area contributed by atoms with E-state index in [0.29, 0.717) is 24.3 Å². The van der Waals surface area contributed by atoms with Gasteiger partial charge in [0.2, 0.25) is 0 Å². The summed E-state index contributed by atoms with van der Waals surface area (Å²) in [5, 5.41) is 11.5. The zero-order valence-corrected chi connectivity index (χ0v) is 19.2. The first-order valence-electron chi connectivity index (χ1n) is 11.0. The van der Waals surface area contributed by atoms with Gasteiger partial charge in [-0.25, -0.2) is 4.79 Å². The number of esters is 1. The Labute approximate surface area is 199 Å². The number of carbonyl (C=O) groups excluding carboxylic acids is 1. The molecule has 0 fully saturated rings. The average molecular weight is 460 g/mol. The maximum atomic E-state index is 12.0. The van der Waals surface area contributed by atoms with Crippen LogP contribution in [-0.4, -0.2) is 23.9 Å². The van der Waals surface area contributed by atoms with Crippen LogP contribution in [0, 0.1) is 5.92 Å². The molecule has 0 saturated carbocycles. The molecule has 4 nitrogen and oxygen atoms in total. The molecular formula is C28H26ClNO3. The highest BCUT2D eigenvalue weighted by atomic mass is 35.5. The molecule has 2 aliphatic rings. The third-order valence-corrected chi connectivity index (χ3v) is 6.11. The van der Waals surface area contributed by atoms with Crippen LogP contribution in [0.3, 0.4) is 0 Å². The summed E-state index contributed by atoms with van der Waals surface area (Å²) in [6.07, 6.45) is 13.4. The Morgan fingerprint density at radius 3 is 2.94 bits per heavy atom. The summed E-state index contributed by atoms with van der Waals surface area (Å²) < 4.78 is 4.86. The summed E-state index contributed by atoms with van der Waals surface area (Å²) in [6, 6.07) is 15.2. The number of halogens is 1. The zero-order chi connectivity index (χ0) is 23.2. The lowest BCUT2D eigenvalue weighted by molar-refractivity contribution is 0.0599. The first kappa shape index (κ1) is 23.0. The average Bonchev–Trinajstić information content (AvgIpc) is 2.85. The van der Waals surface area contributed by atoms with Crippen LogP contribution in [0.1, 0.15) is 46.0 Å². The number of methoxy groups -OCH3 is 1. The Bertz CT molecular complexity index is 1190. The number of rotatable bonds is 7. The van der Waals surface area contributed by atoms with Crippen molar-refractivity contribution < 1.29 is 14.6 Å². The van der Waals surface area contributed by atoms with Crippen molar-refractivity contribution in [3.05, 3.63) is 112 Å². The lowest BCUT2D eigenvalue weighted by atomic mass is 9.93. The number of hydrogen-bond donors (Lipinski definition) is 1. The monoisotopic (exact) mass is 459 g/mol. The lowest BCUT2D eigenvalue weighted by Gasteiger charge is -2.19. The number of dihydropyridines is 1. The lowest BCUT2D eigenvalue weighted by Crippen LogP contribution is -2.09. The van der Waals surface area contributed by atoms with Gasteiger partial charge in [-0.3, -0.25) is 4.99 Å². The predicted octanol–water partition coefficient (Wildman–Crippen LogP) is 6.19. The molecule has 5 heteroatoms. The Kier molecular flexibility index (Phi) is 7.38. The largest absolute Gasteiger partial charge is 0.465 e. The Morgan fingerprint density at radius 1 is 1.24 bits per heavy atom. The van der Waals surface area contributed by atoms with Crippen LogP contribution in [0.4, 0.5) is 0 Å². The molecule has 0 bridgehead atoms. The molecule has 1 heterocycles. The van der Waals surface area contributed by atoms with Crippen molar-refractivity contribution in [1.29, 1.82) is 0 Å². The normalized spacial score (nSPS) is 18.3. The van der Waals surface area contributed by atoms with Crippen LogP contribution < -0.4 is 0 Å². The molecule has 2 unspecified atom stereocenters. The van der Waals surface area contributed by atoms with Gasteiger partial charge in [0, 0.05) is 16.6 Å². The fourth-order valence-corrected chi connectivity index (χ4v) is 4.21. The van der Waals surface area contributed by atoms with E-state index in [0.717, 1.165) is 39.6 Å². The number of allylic oxidation sites excluding steroid dienone is 6. The summed E-state index contributed by atoms with van der Waals surface area (Å²) in [6.45, 7) is 0. The first-order valence-corrected chi connectivity index (χ1v) is 11.4. The van der Waals surface area contributed by atoms with Crippen LogP contribution in [0.5, 0.6) is 0 Å². The number of aliphatic hydroxyl groups excluding tert-OH is 1. The minimum atomic E-state index is -0.641. The molecule has 1 N–H and O–H groups in total. The Morgan fingerprint density at radius 2 is 2.09 bits per heavy atom. The third-order valence-electron chi connectivity index (χ3n) is 5.84. The van der Waals surface area contributed by atoms with Gasteiger partial charge in [0.1, 0.15) is 0 Å². The number of benzene rings is 2. The molecule has 1 aliphatic heterocycles. The van der Waals surface area contributed by atoms with E-state index in [2.05, 4.69) is 6.08 Å². The number of fused-ring (bicyclic) bond motifs is 1. The number of ether oxygens (including phenoxy) is 1. The fraction of sp³-hybridized carbons (Fsp3) is 0.214. The molecule has 0 saturated heterocycles. The molecule has 2 aromatic rings. The minimum Gasteiger partial charge on any atom is -0.465 e. The molecule has 0 radical (unpaired) electrons. The van der Waals surface area contributed by atoms with Crippen molar-refractivity contribution in [3.8, 4) is 0 Å². The van der Waals surface area contributed by atoms with Crippen LogP contribution >= 0.6 is 11.6 Å². The van der Waals surface area contributed by atoms with Gasteiger partial charge in [-0.15, -0.1) is 0 Å². The van der Waals surface area contributed by atoms with E-state index < -0.39 is 6.10 Å². The van der Waals surface area contributed by atoms with E-state index in [1.807, 2.05) is 72.8 Å². The van der Waals surface area contributed by atoms with E-state index in [1.165, 1.54) is 7.11 Å². The number of carbonyl (C=O) groups is 1. The quantitative estimate of drug-likeness (QED) is 0.502. The summed E-state index contributed by atoms with van der Waals surface area (Å²) in [5.74, 6) is -0.0621. The summed E-state index contributed by atoms with van der Waals surface area (Å²) >= 11 is 6.13. The van der Waals surface area contributed by atoms with Gasteiger partial charge in [0.05, 0.1) is 24.5 Å². The molecule has 2 atom stereocenters. The van der Waals surface area contributed by atoms with E-state index in [1.54, 1.807) is 6.07 Å². The first-order chi connectivity index (χ1) is 16.0. The summed E-state index contributed by atoms with van der Waals surface area (Å²) in [4.78, 5) is 16.7. The van der Waals surface area contributed by atoms with Crippen molar-refractivity contribution in [2.45, 2.75) is 25.4 Å². The highest BCUT2D eigenvalue weighted by Gasteiger charge is 2.18. The number of hydrogen-bond acceptors (Lipinski definition) is 4. The molecule has 0 spiro atoms. The van der Waals surface area contributed by atoms with E-state index >= 15 is 0 Å². The molecule has 0 aromatic heterocycles. The van der Waals surface area contributed by atoms with Crippen LogP contribution in [0.15, 0.2) is 94.6 Å². The standard InChI is InChI=1S/C28H26ClNO3/c1-33-28(32)25-8-3-2-6-20(25)12-16-27(31)22-7-4-5-19(17-22)9-14-24-15-11-21-10-13-23(29)18-26(21)30-24/h2-9,11,13-15,17-18,21,27,31H,10,12,16H2,1H3. The minimum absolute atomic E-state index is 0.299. The van der Waals surface area contributed by atoms with Crippen molar-refractivity contribution in [2.75, 3.05) is 7.11 Å². The second-order valence-electron chi connectivity index (χ2n) is 8.10. The van der Waals surface area contributed by atoms with Crippen molar-refractivity contribution >= 4 is 29.4 Å². The highest BCUT2D eigenvalue weighted by molar-refractivity contribution is 6.31. The van der Waals surface area contributed by atoms with E-state index in [4.69, 9.17) is 21.3 Å². The second kappa shape index (κ2) is 10.6. The summed E-state index contributed by atoms with van der Waals surface area (Å²) in [5.41, 5.74) is 5.08. The van der Waals surface area contributed by atoms with Crippen molar-refractivity contribution in [2.24, 2.45) is 10.9 Å². The number of nitrogens with zero attached hydrogens (tertiary/aromatic N) is 1. The zero-order valence-electron chi connectivity index (χ0n) is 18.4. The summed E-state index contributed by atoms with van der Waals surface area (Å²) in [7, 11) is 1.37. The molecule has 2 aromatic carbocycles. The van der Waals surface area contributed by atoms with E-state index in [-0.39, 0.29) is 5.97 Å². The Hall–Kier alpha value is -3.21. The predicted molar refractivity (Wildman–Crippen MR) is 133 cm³/mol. The van der Waals surface area contributed by atoms with Crippen LogP contribution in [0.2, 0.25) is 0 Å². The SMILES string of the molecule is COC(=O)c1ccccc1CCC(O)c1cccc(C=CC2=NC3=CC(Cl)=CCC3C=C2)c1. The molecule has 1 aliphatic carbocycles. The number of aliphatic hydroxyl groups is 1. The highest BCUT2D eigenvalue weighted by Crippen LogP contribution is 2.30. The number of aryl methyl sites for hydroxylation is 1. The van der Waals surface area contributed by atoms with E-state index in [9.17, 15) is 9.90 Å². The van der Waals surface area contributed by atoms with Crippen LogP contribution in [0.25, 0.3) is 6.08 Å².